The number of carbonyl (C=O) groups excluding carboxylic acids is 1. The summed E-state index contributed by atoms with van der Waals surface area (Å²) in [5.74, 6) is 0.410. The minimum Gasteiger partial charge on any atom is -0.459 e. The van der Waals surface area contributed by atoms with Crippen molar-refractivity contribution in [1.29, 1.82) is 0 Å². The van der Waals surface area contributed by atoms with Crippen molar-refractivity contribution in [2.24, 2.45) is 0 Å². The maximum Gasteiger partial charge on any atom is 0.289 e. The monoisotopic (exact) mass is 347 g/mol. The van der Waals surface area contributed by atoms with Crippen molar-refractivity contribution >= 4 is 22.5 Å². The first-order valence-corrected chi connectivity index (χ1v) is 9.29. The van der Waals surface area contributed by atoms with Crippen LogP contribution in [-0.4, -0.2) is 42.0 Å². The van der Waals surface area contributed by atoms with Gasteiger partial charge in [-0.1, -0.05) is 18.2 Å². The van der Waals surface area contributed by atoms with E-state index in [4.69, 9.17) is 9.40 Å². The minimum absolute atomic E-state index is 0.0144. The van der Waals surface area contributed by atoms with Crippen LogP contribution >= 0.6 is 0 Å². The number of aryl methyl sites for hydroxylation is 1. The van der Waals surface area contributed by atoms with Gasteiger partial charge in [0.2, 0.25) is 0 Å². The number of piperazine rings is 1. The van der Waals surface area contributed by atoms with Crippen molar-refractivity contribution < 1.29 is 9.21 Å². The number of rotatable bonds is 2. The Morgan fingerprint density at radius 3 is 2.65 bits per heavy atom. The fourth-order valence-corrected chi connectivity index (χ4v) is 4.24. The standard InChI is InChI=1S/C21H21N3O2/c25-21(19-9-4-14-26-19)24-12-10-23(11-13-24)20-15-5-1-2-7-17(15)22-18-8-3-6-16(18)20/h1-2,4-5,7,9,14H,3,6,8,10-13H2. The van der Waals surface area contributed by atoms with Gasteiger partial charge >= 0.3 is 0 Å². The highest BCUT2D eigenvalue weighted by Crippen LogP contribution is 2.37. The number of benzene rings is 1. The van der Waals surface area contributed by atoms with Gasteiger partial charge in [0.1, 0.15) is 0 Å². The van der Waals surface area contributed by atoms with E-state index in [1.54, 1.807) is 18.4 Å². The second kappa shape index (κ2) is 6.16. The maximum atomic E-state index is 12.5. The van der Waals surface area contributed by atoms with Crippen LogP contribution in [0.15, 0.2) is 47.1 Å². The van der Waals surface area contributed by atoms with Crippen molar-refractivity contribution in [1.82, 2.24) is 9.88 Å². The van der Waals surface area contributed by atoms with Crippen LogP contribution < -0.4 is 4.90 Å². The van der Waals surface area contributed by atoms with Crippen molar-refractivity contribution in [2.75, 3.05) is 31.1 Å². The van der Waals surface area contributed by atoms with E-state index in [0.29, 0.717) is 18.8 Å². The third-order valence-electron chi connectivity index (χ3n) is 5.50. The van der Waals surface area contributed by atoms with Gasteiger partial charge in [-0.05, 0) is 43.0 Å². The summed E-state index contributed by atoms with van der Waals surface area (Å²) in [6.07, 6.45) is 4.91. The Balaban J connectivity index is 1.44. The van der Waals surface area contributed by atoms with E-state index in [2.05, 4.69) is 29.2 Å². The highest BCUT2D eigenvalue weighted by atomic mass is 16.3. The van der Waals surface area contributed by atoms with Crippen molar-refractivity contribution in [2.45, 2.75) is 19.3 Å². The lowest BCUT2D eigenvalue weighted by molar-refractivity contribution is 0.0715. The van der Waals surface area contributed by atoms with Crippen LogP contribution in [0.2, 0.25) is 0 Å². The Hall–Kier alpha value is -2.82. The molecule has 5 rings (SSSR count). The van der Waals surface area contributed by atoms with Gasteiger partial charge in [-0.2, -0.15) is 0 Å². The summed E-state index contributed by atoms with van der Waals surface area (Å²) >= 11 is 0. The number of anilines is 1. The van der Waals surface area contributed by atoms with Crippen LogP contribution in [0.1, 0.15) is 28.2 Å². The van der Waals surface area contributed by atoms with Gasteiger partial charge in [-0.15, -0.1) is 0 Å². The molecule has 132 valence electrons. The van der Waals surface area contributed by atoms with Crippen molar-refractivity contribution in [3.8, 4) is 0 Å². The predicted molar refractivity (Wildman–Crippen MR) is 101 cm³/mol. The van der Waals surface area contributed by atoms with E-state index >= 15 is 0 Å². The first-order valence-electron chi connectivity index (χ1n) is 9.29. The van der Waals surface area contributed by atoms with Gasteiger partial charge in [0.25, 0.3) is 5.91 Å². The van der Waals surface area contributed by atoms with Crippen LogP contribution in [0.25, 0.3) is 10.9 Å². The summed E-state index contributed by atoms with van der Waals surface area (Å²) < 4.78 is 5.27. The first-order chi connectivity index (χ1) is 12.8. The summed E-state index contributed by atoms with van der Waals surface area (Å²) in [5, 5.41) is 1.24. The molecule has 0 saturated carbocycles. The Morgan fingerprint density at radius 2 is 1.85 bits per heavy atom. The Labute approximate surface area is 152 Å². The van der Waals surface area contributed by atoms with Crippen LogP contribution in [0.4, 0.5) is 5.69 Å². The van der Waals surface area contributed by atoms with Gasteiger partial charge in [0, 0.05) is 37.3 Å². The van der Waals surface area contributed by atoms with Crippen molar-refractivity contribution in [3.63, 3.8) is 0 Å². The van der Waals surface area contributed by atoms with Gasteiger partial charge in [-0.25, -0.2) is 0 Å². The SMILES string of the molecule is O=C(c1ccco1)N1CCN(c2c3c(nc4ccccc24)CCC3)CC1. The Kier molecular flexibility index (Phi) is 3.66. The highest BCUT2D eigenvalue weighted by molar-refractivity contribution is 5.95. The molecule has 5 heteroatoms. The summed E-state index contributed by atoms with van der Waals surface area (Å²) in [7, 11) is 0. The van der Waals surface area contributed by atoms with E-state index < -0.39 is 0 Å². The van der Waals surface area contributed by atoms with E-state index in [1.165, 1.54) is 28.8 Å². The zero-order valence-electron chi connectivity index (χ0n) is 14.6. The number of aromatic nitrogens is 1. The number of fused-ring (bicyclic) bond motifs is 2. The maximum absolute atomic E-state index is 12.5. The zero-order chi connectivity index (χ0) is 17.5. The average Bonchev–Trinajstić information content (AvgIpc) is 3.37. The summed E-state index contributed by atoms with van der Waals surface area (Å²) in [6, 6.07) is 11.9. The molecule has 1 aliphatic heterocycles. The zero-order valence-corrected chi connectivity index (χ0v) is 14.6. The van der Waals surface area contributed by atoms with Gasteiger partial charge in [0.15, 0.2) is 5.76 Å². The molecular formula is C21H21N3O2. The van der Waals surface area contributed by atoms with E-state index in [0.717, 1.165) is 31.4 Å². The number of amides is 1. The number of hydrogen-bond donors (Lipinski definition) is 0. The molecule has 3 aromatic rings. The third kappa shape index (κ3) is 2.46. The molecule has 3 heterocycles. The molecule has 1 amide bonds. The number of hydrogen-bond acceptors (Lipinski definition) is 4. The lowest BCUT2D eigenvalue weighted by Crippen LogP contribution is -2.49. The van der Waals surface area contributed by atoms with E-state index in [1.807, 2.05) is 4.90 Å². The van der Waals surface area contributed by atoms with Crippen molar-refractivity contribution in [3.05, 3.63) is 59.7 Å². The normalized spacial score (nSPS) is 16.9. The molecule has 0 spiro atoms. The Morgan fingerprint density at radius 1 is 1.00 bits per heavy atom. The van der Waals surface area contributed by atoms with Crippen LogP contribution in [0, 0.1) is 0 Å². The molecule has 0 atom stereocenters. The molecule has 0 N–H and O–H groups in total. The average molecular weight is 347 g/mol. The molecular weight excluding hydrogens is 326 g/mol. The fraction of sp³-hybridized carbons (Fsp3) is 0.333. The molecule has 1 saturated heterocycles. The molecule has 2 aliphatic rings. The van der Waals surface area contributed by atoms with E-state index in [9.17, 15) is 4.79 Å². The largest absolute Gasteiger partial charge is 0.459 e. The second-order valence-electron chi connectivity index (χ2n) is 7.01. The molecule has 1 aromatic carbocycles. The molecule has 1 aliphatic carbocycles. The predicted octanol–water partition coefficient (Wildman–Crippen LogP) is 3.28. The first kappa shape index (κ1) is 15.4. The number of carbonyl (C=O) groups is 1. The van der Waals surface area contributed by atoms with Crippen LogP contribution in [0.3, 0.4) is 0 Å². The molecule has 0 bridgehead atoms. The second-order valence-corrected chi connectivity index (χ2v) is 7.01. The quantitative estimate of drug-likeness (QED) is 0.714. The Bertz CT molecular complexity index is 957. The lowest BCUT2D eigenvalue weighted by Gasteiger charge is -2.37. The molecule has 2 aromatic heterocycles. The van der Waals surface area contributed by atoms with Gasteiger partial charge in [0.05, 0.1) is 17.5 Å². The number of furan rings is 1. The number of nitrogens with zero attached hydrogens (tertiary/aromatic N) is 3. The van der Waals surface area contributed by atoms with E-state index in [-0.39, 0.29) is 5.91 Å². The highest BCUT2D eigenvalue weighted by Gasteiger charge is 2.28. The fourth-order valence-electron chi connectivity index (χ4n) is 4.24. The third-order valence-corrected chi connectivity index (χ3v) is 5.50. The summed E-state index contributed by atoms with van der Waals surface area (Å²) in [5.41, 5.74) is 5.09. The summed E-state index contributed by atoms with van der Waals surface area (Å²) in [4.78, 5) is 21.7. The molecule has 0 unspecified atom stereocenters. The van der Waals surface area contributed by atoms with Crippen LogP contribution in [0.5, 0.6) is 0 Å². The molecule has 0 radical (unpaired) electrons. The summed E-state index contributed by atoms with van der Waals surface area (Å²) in [6.45, 7) is 3.11. The topological polar surface area (TPSA) is 49.6 Å². The number of pyridine rings is 1. The number of para-hydroxylation sites is 1. The molecule has 1 fully saturated rings. The minimum atomic E-state index is -0.0144. The lowest BCUT2D eigenvalue weighted by atomic mass is 10.0. The van der Waals surface area contributed by atoms with Gasteiger partial charge in [-0.3, -0.25) is 9.78 Å². The van der Waals surface area contributed by atoms with Crippen LogP contribution in [-0.2, 0) is 12.8 Å². The van der Waals surface area contributed by atoms with Gasteiger partial charge < -0.3 is 14.2 Å². The molecule has 26 heavy (non-hydrogen) atoms. The smallest absolute Gasteiger partial charge is 0.289 e. The molecule has 5 nitrogen and oxygen atoms in total.